The fraction of sp³-hybridized carbons (Fsp3) is 0.875. The molecule has 0 spiro atoms. The third-order valence-corrected chi connectivity index (χ3v) is 3.44. The standard InChI is InChI=1S/C8H14N2O2S/c1-2-4-3-5(11)6-7(12-4)13-8(9)10-6/h4-7,11H,2-3H2,1H3,(H2,9,10). The lowest BCUT2D eigenvalue weighted by molar-refractivity contribution is -0.0704. The van der Waals surface area contributed by atoms with Crippen molar-refractivity contribution < 1.29 is 9.84 Å². The number of nitrogens with two attached hydrogens (primary N) is 1. The molecule has 74 valence electrons. The lowest BCUT2D eigenvalue weighted by Crippen LogP contribution is -2.43. The average Bonchev–Trinajstić information content (AvgIpc) is 2.46. The molecule has 13 heavy (non-hydrogen) atoms. The molecule has 1 saturated heterocycles. The number of nitrogens with zero attached hydrogens (tertiary/aromatic N) is 1. The van der Waals surface area contributed by atoms with Crippen LogP contribution in [0.2, 0.25) is 0 Å². The van der Waals surface area contributed by atoms with E-state index in [1.165, 1.54) is 11.8 Å². The van der Waals surface area contributed by atoms with Gasteiger partial charge in [0.1, 0.15) is 11.5 Å². The summed E-state index contributed by atoms with van der Waals surface area (Å²) in [5, 5.41) is 10.3. The van der Waals surface area contributed by atoms with Gasteiger partial charge >= 0.3 is 0 Å². The number of hydrogen-bond acceptors (Lipinski definition) is 5. The number of hydrogen-bond donors (Lipinski definition) is 2. The summed E-state index contributed by atoms with van der Waals surface area (Å²) in [7, 11) is 0. The van der Waals surface area contributed by atoms with Crippen molar-refractivity contribution in [3.63, 3.8) is 0 Å². The molecule has 0 saturated carbocycles. The first-order valence-electron chi connectivity index (χ1n) is 4.54. The van der Waals surface area contributed by atoms with Crippen molar-refractivity contribution in [2.24, 2.45) is 10.7 Å². The molecule has 4 unspecified atom stereocenters. The number of aliphatic imine (C=N–C) groups is 1. The molecule has 5 heteroatoms. The molecule has 4 atom stereocenters. The van der Waals surface area contributed by atoms with E-state index in [1.54, 1.807) is 0 Å². The smallest absolute Gasteiger partial charge is 0.157 e. The number of aliphatic hydroxyl groups is 1. The Hall–Kier alpha value is -0.260. The van der Waals surface area contributed by atoms with Crippen LogP contribution in [0.5, 0.6) is 0 Å². The molecule has 0 amide bonds. The SMILES string of the molecule is CCC1CC(O)C2N=C(N)SC2O1. The van der Waals surface area contributed by atoms with Crippen LogP contribution in [-0.4, -0.2) is 34.0 Å². The molecule has 3 N–H and O–H groups in total. The minimum atomic E-state index is -0.391. The van der Waals surface area contributed by atoms with Gasteiger partial charge in [-0.25, -0.2) is 0 Å². The molecule has 2 aliphatic rings. The second kappa shape index (κ2) is 3.48. The molecule has 0 aromatic carbocycles. The summed E-state index contributed by atoms with van der Waals surface area (Å²) >= 11 is 1.42. The van der Waals surface area contributed by atoms with Crippen LogP contribution >= 0.6 is 11.8 Å². The molecule has 0 aliphatic carbocycles. The Balaban J connectivity index is 2.06. The summed E-state index contributed by atoms with van der Waals surface area (Å²) in [6, 6.07) is -0.146. The van der Waals surface area contributed by atoms with Crippen LogP contribution in [0.3, 0.4) is 0 Å². The molecular formula is C8H14N2O2S. The monoisotopic (exact) mass is 202 g/mol. The first kappa shape index (κ1) is 9.30. The van der Waals surface area contributed by atoms with Crippen molar-refractivity contribution in [2.45, 2.75) is 43.5 Å². The van der Waals surface area contributed by atoms with E-state index >= 15 is 0 Å². The van der Waals surface area contributed by atoms with Gasteiger partial charge in [-0.2, -0.15) is 0 Å². The Morgan fingerprint density at radius 3 is 3.23 bits per heavy atom. The van der Waals surface area contributed by atoms with E-state index in [-0.39, 0.29) is 17.6 Å². The highest BCUT2D eigenvalue weighted by Crippen LogP contribution is 2.35. The molecule has 2 heterocycles. The minimum absolute atomic E-state index is 0.0614. The number of thioether (sulfide) groups is 1. The predicted octanol–water partition coefficient (Wildman–Crippen LogP) is 0.302. The average molecular weight is 202 g/mol. The van der Waals surface area contributed by atoms with Gasteiger partial charge in [-0.05, 0) is 6.42 Å². The Kier molecular flexibility index (Phi) is 2.49. The maximum atomic E-state index is 9.74. The van der Waals surface area contributed by atoms with Gasteiger partial charge in [0.2, 0.25) is 0 Å². The van der Waals surface area contributed by atoms with Gasteiger partial charge in [-0.15, -0.1) is 0 Å². The molecule has 0 aromatic heterocycles. The molecule has 2 aliphatic heterocycles. The highest BCUT2D eigenvalue weighted by molar-refractivity contribution is 8.14. The van der Waals surface area contributed by atoms with Crippen molar-refractivity contribution in [2.75, 3.05) is 0 Å². The summed E-state index contributed by atoms with van der Waals surface area (Å²) in [5.41, 5.74) is 5.50. The number of amidine groups is 1. The van der Waals surface area contributed by atoms with Gasteiger partial charge in [0.15, 0.2) is 5.17 Å². The van der Waals surface area contributed by atoms with Crippen molar-refractivity contribution in [3.05, 3.63) is 0 Å². The van der Waals surface area contributed by atoms with Crippen LogP contribution in [0.4, 0.5) is 0 Å². The highest BCUT2D eigenvalue weighted by Gasteiger charge is 2.41. The first-order chi connectivity index (χ1) is 6.20. The highest BCUT2D eigenvalue weighted by atomic mass is 32.2. The van der Waals surface area contributed by atoms with Gasteiger partial charge in [-0.3, -0.25) is 4.99 Å². The first-order valence-corrected chi connectivity index (χ1v) is 5.42. The van der Waals surface area contributed by atoms with Crippen LogP contribution in [0.25, 0.3) is 0 Å². The third-order valence-electron chi connectivity index (χ3n) is 2.47. The van der Waals surface area contributed by atoms with Crippen molar-refractivity contribution >= 4 is 16.9 Å². The van der Waals surface area contributed by atoms with Crippen LogP contribution in [0, 0.1) is 0 Å². The van der Waals surface area contributed by atoms with E-state index in [0.29, 0.717) is 11.6 Å². The summed E-state index contributed by atoms with van der Waals surface area (Å²) in [5.74, 6) is 0. The van der Waals surface area contributed by atoms with Gasteiger partial charge < -0.3 is 15.6 Å². The second-order valence-electron chi connectivity index (χ2n) is 3.41. The summed E-state index contributed by atoms with van der Waals surface area (Å²) in [6.45, 7) is 2.06. The number of rotatable bonds is 1. The van der Waals surface area contributed by atoms with E-state index in [2.05, 4.69) is 11.9 Å². The van der Waals surface area contributed by atoms with E-state index in [9.17, 15) is 5.11 Å². The summed E-state index contributed by atoms with van der Waals surface area (Å²) < 4.78 is 5.71. The van der Waals surface area contributed by atoms with Crippen LogP contribution in [0.15, 0.2) is 4.99 Å². The summed E-state index contributed by atoms with van der Waals surface area (Å²) in [4.78, 5) is 4.14. The molecule has 0 aromatic rings. The normalized spacial score (nSPS) is 44.3. The van der Waals surface area contributed by atoms with Crippen LogP contribution in [-0.2, 0) is 4.74 Å². The zero-order valence-electron chi connectivity index (χ0n) is 7.51. The van der Waals surface area contributed by atoms with Crippen molar-refractivity contribution in [3.8, 4) is 0 Å². The van der Waals surface area contributed by atoms with E-state index in [1.807, 2.05) is 0 Å². The molecular weight excluding hydrogens is 188 g/mol. The predicted molar refractivity (Wildman–Crippen MR) is 52.6 cm³/mol. The lowest BCUT2D eigenvalue weighted by Gasteiger charge is -2.33. The van der Waals surface area contributed by atoms with Crippen molar-refractivity contribution in [1.82, 2.24) is 0 Å². The molecule has 0 bridgehead atoms. The van der Waals surface area contributed by atoms with Gasteiger partial charge in [0.05, 0.1) is 12.2 Å². The van der Waals surface area contributed by atoms with Gasteiger partial charge in [0, 0.05) is 6.42 Å². The Morgan fingerprint density at radius 1 is 1.77 bits per heavy atom. The van der Waals surface area contributed by atoms with Crippen LogP contribution < -0.4 is 5.73 Å². The topological polar surface area (TPSA) is 67.8 Å². The number of fused-ring (bicyclic) bond motifs is 1. The minimum Gasteiger partial charge on any atom is -0.391 e. The zero-order valence-corrected chi connectivity index (χ0v) is 8.33. The maximum absolute atomic E-state index is 9.74. The van der Waals surface area contributed by atoms with Gasteiger partial charge in [0.25, 0.3) is 0 Å². The van der Waals surface area contributed by atoms with E-state index in [0.717, 1.165) is 6.42 Å². The largest absolute Gasteiger partial charge is 0.391 e. The number of ether oxygens (including phenoxy) is 1. The third kappa shape index (κ3) is 1.68. The zero-order chi connectivity index (χ0) is 9.42. The Labute approximate surface area is 81.5 Å². The summed E-state index contributed by atoms with van der Waals surface area (Å²) in [6.07, 6.45) is 1.37. The second-order valence-corrected chi connectivity index (χ2v) is 4.53. The molecule has 1 fully saturated rings. The van der Waals surface area contributed by atoms with E-state index in [4.69, 9.17) is 10.5 Å². The molecule has 4 nitrogen and oxygen atoms in total. The maximum Gasteiger partial charge on any atom is 0.157 e. The molecule has 0 radical (unpaired) electrons. The fourth-order valence-corrected chi connectivity index (χ4v) is 2.73. The molecule has 2 rings (SSSR count). The number of aliphatic hydroxyl groups excluding tert-OH is 1. The van der Waals surface area contributed by atoms with E-state index < -0.39 is 6.10 Å². The van der Waals surface area contributed by atoms with Crippen LogP contribution in [0.1, 0.15) is 19.8 Å². The van der Waals surface area contributed by atoms with Crippen molar-refractivity contribution in [1.29, 1.82) is 0 Å². The Bertz CT molecular complexity index is 234. The van der Waals surface area contributed by atoms with Gasteiger partial charge in [-0.1, -0.05) is 18.7 Å². The quantitative estimate of drug-likeness (QED) is 0.642. The lowest BCUT2D eigenvalue weighted by atomic mass is 10.0. The fourth-order valence-electron chi connectivity index (χ4n) is 1.72. The Morgan fingerprint density at radius 2 is 2.54 bits per heavy atom.